The number of ether oxygens (including phenoxy) is 2. The van der Waals surface area contributed by atoms with Crippen LogP contribution < -0.4 is 4.74 Å². The molecule has 1 aliphatic heterocycles. The molecule has 0 aromatic heterocycles. The van der Waals surface area contributed by atoms with Crippen LogP contribution in [-0.2, 0) is 14.3 Å². The molecule has 1 aromatic carbocycles. The first-order valence-electron chi connectivity index (χ1n) is 7.74. The molecule has 120 valence electrons. The molecular weight excluding hydrogens is 282 g/mol. The predicted molar refractivity (Wildman–Crippen MR) is 82.5 cm³/mol. The van der Waals surface area contributed by atoms with Crippen LogP contribution in [-0.4, -0.2) is 43.6 Å². The van der Waals surface area contributed by atoms with Gasteiger partial charge in [-0.1, -0.05) is 18.2 Å². The van der Waals surface area contributed by atoms with Gasteiger partial charge in [-0.3, -0.25) is 9.59 Å². The number of hydrogen-bond acceptors (Lipinski definition) is 4. The van der Waals surface area contributed by atoms with Gasteiger partial charge in [0, 0.05) is 19.5 Å². The Bertz CT molecular complexity index is 489. The Kier molecular flexibility index (Phi) is 6.25. The highest BCUT2D eigenvalue weighted by Gasteiger charge is 2.28. The third kappa shape index (κ3) is 4.76. The molecule has 5 heteroatoms. The van der Waals surface area contributed by atoms with Crippen molar-refractivity contribution in [1.82, 2.24) is 4.90 Å². The number of methoxy groups -OCH3 is 1. The van der Waals surface area contributed by atoms with Crippen molar-refractivity contribution in [2.45, 2.75) is 25.7 Å². The summed E-state index contributed by atoms with van der Waals surface area (Å²) in [5.74, 6) is 0.511. The molecule has 2 rings (SSSR count). The maximum atomic E-state index is 12.2. The van der Waals surface area contributed by atoms with Gasteiger partial charge in [-0.25, -0.2) is 0 Å². The fourth-order valence-electron chi connectivity index (χ4n) is 2.65. The van der Waals surface area contributed by atoms with Crippen molar-refractivity contribution < 1.29 is 19.1 Å². The van der Waals surface area contributed by atoms with Gasteiger partial charge >= 0.3 is 5.97 Å². The second-order valence-electron chi connectivity index (χ2n) is 5.47. The summed E-state index contributed by atoms with van der Waals surface area (Å²) in [6, 6.07) is 9.56. The van der Waals surface area contributed by atoms with E-state index in [1.54, 1.807) is 4.90 Å². The molecule has 1 heterocycles. The number of amides is 1. The van der Waals surface area contributed by atoms with Crippen molar-refractivity contribution in [2.75, 3.05) is 26.8 Å². The van der Waals surface area contributed by atoms with Crippen LogP contribution in [0.2, 0.25) is 0 Å². The van der Waals surface area contributed by atoms with E-state index in [4.69, 9.17) is 9.47 Å². The minimum absolute atomic E-state index is 0.0882. The highest BCUT2D eigenvalue weighted by atomic mass is 16.5. The quantitative estimate of drug-likeness (QED) is 0.597. The summed E-state index contributed by atoms with van der Waals surface area (Å²) in [5, 5.41) is 0. The molecule has 1 aromatic rings. The van der Waals surface area contributed by atoms with Crippen LogP contribution in [0.3, 0.4) is 0 Å². The molecule has 0 bridgehead atoms. The Labute approximate surface area is 131 Å². The molecule has 1 amide bonds. The Morgan fingerprint density at radius 3 is 2.77 bits per heavy atom. The molecule has 0 N–H and O–H groups in total. The summed E-state index contributed by atoms with van der Waals surface area (Å²) in [6.07, 6.45) is 2.77. The fourth-order valence-corrected chi connectivity index (χ4v) is 2.65. The number of esters is 1. The molecule has 1 fully saturated rings. The monoisotopic (exact) mass is 305 g/mol. The third-order valence-corrected chi connectivity index (χ3v) is 3.86. The molecule has 0 saturated carbocycles. The number of likely N-dealkylation sites (tertiary alicyclic amines) is 1. The van der Waals surface area contributed by atoms with E-state index < -0.39 is 0 Å². The Balaban J connectivity index is 1.69. The SMILES string of the molecule is COC(=O)C1CCCN(C(=O)CCCOc2ccccc2)C1. The van der Waals surface area contributed by atoms with Crippen LogP contribution in [0, 0.1) is 5.92 Å². The summed E-state index contributed by atoms with van der Waals surface area (Å²) in [5.41, 5.74) is 0. The first-order chi connectivity index (χ1) is 10.7. The second-order valence-corrected chi connectivity index (χ2v) is 5.47. The highest BCUT2D eigenvalue weighted by Crippen LogP contribution is 2.18. The molecule has 1 aliphatic rings. The molecule has 1 unspecified atom stereocenters. The van der Waals surface area contributed by atoms with Crippen LogP contribution in [0.5, 0.6) is 5.75 Å². The van der Waals surface area contributed by atoms with E-state index in [-0.39, 0.29) is 17.8 Å². The number of para-hydroxylation sites is 1. The van der Waals surface area contributed by atoms with E-state index in [1.807, 2.05) is 30.3 Å². The fraction of sp³-hybridized carbons (Fsp3) is 0.529. The standard InChI is InChI=1S/C17H23NO4/c1-21-17(20)14-7-5-11-18(13-14)16(19)10-6-12-22-15-8-3-2-4-9-15/h2-4,8-9,14H,5-7,10-13H2,1H3. The van der Waals surface area contributed by atoms with Gasteiger partial charge < -0.3 is 14.4 Å². The minimum Gasteiger partial charge on any atom is -0.494 e. The van der Waals surface area contributed by atoms with Crippen LogP contribution >= 0.6 is 0 Å². The summed E-state index contributed by atoms with van der Waals surface area (Å²) in [7, 11) is 1.39. The van der Waals surface area contributed by atoms with Crippen molar-refractivity contribution in [3.05, 3.63) is 30.3 Å². The maximum Gasteiger partial charge on any atom is 0.310 e. The van der Waals surface area contributed by atoms with Gasteiger partial charge in [0.2, 0.25) is 5.91 Å². The van der Waals surface area contributed by atoms with Gasteiger partial charge in [-0.05, 0) is 31.4 Å². The predicted octanol–water partition coefficient (Wildman–Crippen LogP) is 2.26. The van der Waals surface area contributed by atoms with Crippen molar-refractivity contribution in [3.63, 3.8) is 0 Å². The zero-order valence-corrected chi connectivity index (χ0v) is 13.0. The van der Waals surface area contributed by atoms with Crippen molar-refractivity contribution >= 4 is 11.9 Å². The molecule has 0 aliphatic carbocycles. The van der Waals surface area contributed by atoms with Crippen molar-refractivity contribution in [2.24, 2.45) is 5.92 Å². The largest absolute Gasteiger partial charge is 0.494 e. The molecule has 0 radical (unpaired) electrons. The third-order valence-electron chi connectivity index (χ3n) is 3.86. The second kappa shape index (κ2) is 8.41. The number of hydrogen-bond donors (Lipinski definition) is 0. The summed E-state index contributed by atoms with van der Waals surface area (Å²) < 4.78 is 10.3. The van der Waals surface area contributed by atoms with Gasteiger partial charge in [-0.15, -0.1) is 0 Å². The van der Waals surface area contributed by atoms with Gasteiger partial charge in [0.1, 0.15) is 5.75 Å². The molecule has 1 atom stereocenters. The van der Waals surface area contributed by atoms with E-state index in [0.717, 1.165) is 25.1 Å². The molecule has 5 nitrogen and oxygen atoms in total. The summed E-state index contributed by atoms with van der Waals surface area (Å²) in [6.45, 7) is 1.72. The Morgan fingerprint density at radius 1 is 1.27 bits per heavy atom. The average Bonchev–Trinajstić information content (AvgIpc) is 2.59. The van der Waals surface area contributed by atoms with Crippen molar-refractivity contribution in [1.29, 1.82) is 0 Å². The van der Waals surface area contributed by atoms with E-state index in [0.29, 0.717) is 26.0 Å². The maximum absolute atomic E-state index is 12.2. The molecule has 22 heavy (non-hydrogen) atoms. The average molecular weight is 305 g/mol. The molecule has 1 saturated heterocycles. The zero-order chi connectivity index (χ0) is 15.8. The first-order valence-corrected chi connectivity index (χ1v) is 7.74. The van der Waals surface area contributed by atoms with E-state index in [2.05, 4.69) is 0 Å². The lowest BCUT2D eigenvalue weighted by atomic mass is 9.98. The van der Waals surface area contributed by atoms with E-state index in [1.165, 1.54) is 7.11 Å². The van der Waals surface area contributed by atoms with Crippen LogP contribution in [0.4, 0.5) is 0 Å². The van der Waals surface area contributed by atoms with Gasteiger partial charge in [-0.2, -0.15) is 0 Å². The number of piperidine rings is 1. The van der Waals surface area contributed by atoms with Crippen LogP contribution in [0.15, 0.2) is 30.3 Å². The Hall–Kier alpha value is -2.04. The summed E-state index contributed by atoms with van der Waals surface area (Å²) in [4.78, 5) is 25.5. The molecular formula is C17H23NO4. The topological polar surface area (TPSA) is 55.8 Å². The van der Waals surface area contributed by atoms with E-state index in [9.17, 15) is 9.59 Å². The minimum atomic E-state index is -0.218. The number of carbonyl (C=O) groups is 2. The Morgan fingerprint density at radius 2 is 2.05 bits per heavy atom. The number of rotatable bonds is 6. The normalized spacial score (nSPS) is 17.9. The summed E-state index contributed by atoms with van der Waals surface area (Å²) >= 11 is 0. The molecule has 0 spiro atoms. The van der Waals surface area contributed by atoms with Gasteiger partial charge in [0.25, 0.3) is 0 Å². The van der Waals surface area contributed by atoms with Gasteiger partial charge in [0.05, 0.1) is 19.6 Å². The van der Waals surface area contributed by atoms with Crippen LogP contribution in [0.1, 0.15) is 25.7 Å². The lowest BCUT2D eigenvalue weighted by Crippen LogP contribution is -2.42. The zero-order valence-electron chi connectivity index (χ0n) is 13.0. The number of nitrogens with zero attached hydrogens (tertiary/aromatic N) is 1. The lowest BCUT2D eigenvalue weighted by Gasteiger charge is -2.31. The number of carbonyl (C=O) groups excluding carboxylic acids is 2. The highest BCUT2D eigenvalue weighted by molar-refractivity contribution is 5.78. The smallest absolute Gasteiger partial charge is 0.310 e. The lowest BCUT2D eigenvalue weighted by molar-refractivity contribution is -0.149. The van der Waals surface area contributed by atoms with E-state index >= 15 is 0 Å². The van der Waals surface area contributed by atoms with Crippen LogP contribution in [0.25, 0.3) is 0 Å². The van der Waals surface area contributed by atoms with Crippen molar-refractivity contribution in [3.8, 4) is 5.75 Å². The first kappa shape index (κ1) is 16.3. The number of benzene rings is 1. The van der Waals surface area contributed by atoms with Gasteiger partial charge in [0.15, 0.2) is 0 Å².